The van der Waals surface area contributed by atoms with Crippen LogP contribution >= 0.6 is 0 Å². The van der Waals surface area contributed by atoms with Crippen molar-refractivity contribution in [3.63, 3.8) is 0 Å². The second-order valence-corrected chi connectivity index (χ2v) is 14.7. The number of hydrogen-bond acceptors (Lipinski definition) is 4. The lowest BCUT2D eigenvalue weighted by atomic mass is 9.93. The first-order valence-electron chi connectivity index (χ1n) is 18.5. The highest BCUT2D eigenvalue weighted by Crippen LogP contribution is 2.46. The Balaban J connectivity index is 1.18. The number of ether oxygens (including phenoxy) is 1. The normalized spacial score (nSPS) is 12.6. The van der Waals surface area contributed by atoms with E-state index in [1.807, 2.05) is 24.4 Å². The zero-order chi connectivity index (χ0) is 37.1. The number of aromatic nitrogens is 2. The smallest absolute Gasteiger partial charge is 0.137 e. The quantitative estimate of drug-likeness (QED) is 0.165. The Morgan fingerprint density at radius 1 is 0.630 bits per heavy atom. The van der Waals surface area contributed by atoms with E-state index in [1.54, 1.807) is 0 Å². The van der Waals surface area contributed by atoms with Gasteiger partial charge in [0.15, 0.2) is 0 Å². The molecule has 2 aromatic heterocycles. The molecular formula is C48H41FN4O. The molecule has 0 unspecified atom stereocenters. The molecule has 9 rings (SSSR count). The first kappa shape index (κ1) is 33.4. The predicted octanol–water partition coefficient (Wildman–Crippen LogP) is 13.1. The zero-order valence-corrected chi connectivity index (χ0v) is 31.1. The molecule has 1 aliphatic heterocycles. The second kappa shape index (κ2) is 13.2. The third-order valence-electron chi connectivity index (χ3n) is 10.6. The van der Waals surface area contributed by atoms with E-state index in [4.69, 9.17) is 9.72 Å². The number of anilines is 4. The van der Waals surface area contributed by atoms with Crippen molar-refractivity contribution in [2.24, 2.45) is 0 Å². The molecule has 0 fully saturated rings. The molecule has 0 saturated carbocycles. The Bertz CT molecular complexity index is 2690. The molecule has 0 bridgehead atoms. The lowest BCUT2D eigenvalue weighted by Gasteiger charge is -2.24. The Morgan fingerprint density at radius 3 is 2.06 bits per heavy atom. The monoisotopic (exact) mass is 708 g/mol. The van der Waals surface area contributed by atoms with Crippen LogP contribution in [-0.4, -0.2) is 16.2 Å². The van der Waals surface area contributed by atoms with Crippen LogP contribution in [0.15, 0.2) is 140 Å². The number of benzene rings is 6. The molecule has 0 spiro atoms. The van der Waals surface area contributed by atoms with Gasteiger partial charge in [-0.05, 0) is 133 Å². The molecule has 54 heavy (non-hydrogen) atoms. The van der Waals surface area contributed by atoms with Gasteiger partial charge in [0.25, 0.3) is 0 Å². The molecule has 8 aromatic rings. The fourth-order valence-electron chi connectivity index (χ4n) is 8.17. The minimum atomic E-state index is -0.250. The lowest BCUT2D eigenvalue weighted by molar-refractivity contribution is 0.483. The van der Waals surface area contributed by atoms with Gasteiger partial charge in [0, 0.05) is 40.5 Å². The van der Waals surface area contributed by atoms with Gasteiger partial charge >= 0.3 is 0 Å². The molecule has 6 heteroatoms. The van der Waals surface area contributed by atoms with Crippen molar-refractivity contribution < 1.29 is 9.13 Å². The highest BCUT2D eigenvalue weighted by atomic mass is 19.1. The van der Waals surface area contributed by atoms with E-state index < -0.39 is 0 Å². The standard InChI is InChI=1S/C48H41FN4O/c1-30(2)34-20-21-50-47(26-34)53-43-11-7-6-10-41(43)42-19-18-39(28-46(42)53)54-40-25-35(48-32(4)22-31(3)23-33(48)5)24-38(27-40)52-29-51(37-16-14-36(49)15-17-37)44-12-8-9-13-45(44)52/h6-28,30H,29H2,1-5H3. The maximum atomic E-state index is 14.0. The number of pyridine rings is 1. The largest absolute Gasteiger partial charge is 0.457 e. The number of fused-ring (bicyclic) bond motifs is 4. The van der Waals surface area contributed by atoms with Gasteiger partial charge in [-0.2, -0.15) is 0 Å². The summed E-state index contributed by atoms with van der Waals surface area (Å²) in [6, 6.07) is 45.2. The third kappa shape index (κ3) is 5.84. The Morgan fingerprint density at radius 2 is 1.31 bits per heavy atom. The van der Waals surface area contributed by atoms with E-state index in [0.717, 1.165) is 62.0 Å². The summed E-state index contributed by atoms with van der Waals surface area (Å²) >= 11 is 0. The lowest BCUT2D eigenvalue weighted by Crippen LogP contribution is -2.24. The summed E-state index contributed by atoms with van der Waals surface area (Å²) in [6.45, 7) is 11.5. The summed E-state index contributed by atoms with van der Waals surface area (Å²) in [5.74, 6) is 2.49. The Kier molecular flexibility index (Phi) is 8.19. The topological polar surface area (TPSA) is 33.5 Å². The van der Waals surface area contributed by atoms with E-state index in [-0.39, 0.29) is 5.82 Å². The van der Waals surface area contributed by atoms with Gasteiger partial charge in [-0.3, -0.25) is 4.57 Å². The maximum Gasteiger partial charge on any atom is 0.137 e. The molecule has 0 atom stereocenters. The van der Waals surface area contributed by atoms with Crippen molar-refractivity contribution >= 4 is 44.6 Å². The second-order valence-electron chi connectivity index (χ2n) is 14.7. The number of rotatable bonds is 7. The van der Waals surface area contributed by atoms with E-state index in [2.05, 4.69) is 152 Å². The van der Waals surface area contributed by atoms with Crippen LogP contribution in [0.4, 0.5) is 27.1 Å². The van der Waals surface area contributed by atoms with Crippen molar-refractivity contribution in [1.82, 2.24) is 9.55 Å². The van der Waals surface area contributed by atoms with E-state index in [9.17, 15) is 4.39 Å². The van der Waals surface area contributed by atoms with Crippen LogP contribution in [0, 0.1) is 26.6 Å². The Labute approximate surface area is 315 Å². The minimum absolute atomic E-state index is 0.250. The van der Waals surface area contributed by atoms with Crippen molar-refractivity contribution in [2.45, 2.75) is 40.5 Å². The Hall–Kier alpha value is -6.40. The summed E-state index contributed by atoms with van der Waals surface area (Å²) in [4.78, 5) is 9.38. The highest BCUT2D eigenvalue weighted by molar-refractivity contribution is 6.09. The highest BCUT2D eigenvalue weighted by Gasteiger charge is 2.29. The summed E-state index contributed by atoms with van der Waals surface area (Å²) in [5, 5.41) is 2.31. The van der Waals surface area contributed by atoms with Crippen LogP contribution in [0.3, 0.4) is 0 Å². The zero-order valence-electron chi connectivity index (χ0n) is 31.1. The van der Waals surface area contributed by atoms with Crippen molar-refractivity contribution in [3.05, 3.63) is 168 Å². The molecule has 0 N–H and O–H groups in total. The number of hydrogen-bond donors (Lipinski definition) is 0. The van der Waals surface area contributed by atoms with Gasteiger partial charge < -0.3 is 14.5 Å². The first-order chi connectivity index (χ1) is 26.2. The fraction of sp³-hybridized carbons (Fsp3) is 0.146. The van der Waals surface area contributed by atoms with Gasteiger partial charge in [0.1, 0.15) is 29.8 Å². The van der Waals surface area contributed by atoms with Gasteiger partial charge in [0.2, 0.25) is 0 Å². The van der Waals surface area contributed by atoms with Crippen molar-refractivity contribution in [3.8, 4) is 28.4 Å². The fourth-order valence-corrected chi connectivity index (χ4v) is 8.17. The van der Waals surface area contributed by atoms with Gasteiger partial charge in [-0.25, -0.2) is 9.37 Å². The molecule has 266 valence electrons. The average molecular weight is 709 g/mol. The molecule has 0 aliphatic carbocycles. The van der Waals surface area contributed by atoms with Crippen LogP contribution < -0.4 is 14.5 Å². The molecule has 6 aromatic carbocycles. The van der Waals surface area contributed by atoms with Gasteiger partial charge in [-0.1, -0.05) is 61.9 Å². The first-order valence-corrected chi connectivity index (χ1v) is 18.5. The summed E-state index contributed by atoms with van der Waals surface area (Å²) in [7, 11) is 0. The molecule has 3 heterocycles. The summed E-state index contributed by atoms with van der Waals surface area (Å²) < 4.78 is 23.1. The average Bonchev–Trinajstić information content (AvgIpc) is 3.71. The molecular weight excluding hydrogens is 668 g/mol. The number of halogens is 1. The van der Waals surface area contributed by atoms with Crippen LogP contribution in [0.25, 0.3) is 38.8 Å². The van der Waals surface area contributed by atoms with E-state index >= 15 is 0 Å². The van der Waals surface area contributed by atoms with Gasteiger partial charge in [0.05, 0.1) is 22.4 Å². The molecule has 0 saturated heterocycles. The predicted molar refractivity (Wildman–Crippen MR) is 221 cm³/mol. The molecule has 1 aliphatic rings. The molecule has 5 nitrogen and oxygen atoms in total. The van der Waals surface area contributed by atoms with E-state index in [1.165, 1.54) is 45.3 Å². The van der Waals surface area contributed by atoms with Crippen LogP contribution in [0.5, 0.6) is 11.5 Å². The molecule has 0 amide bonds. The third-order valence-corrected chi connectivity index (χ3v) is 10.6. The molecule has 0 radical (unpaired) electrons. The van der Waals surface area contributed by atoms with Crippen LogP contribution in [-0.2, 0) is 0 Å². The van der Waals surface area contributed by atoms with E-state index in [0.29, 0.717) is 12.6 Å². The number of nitrogens with zero attached hydrogens (tertiary/aromatic N) is 4. The minimum Gasteiger partial charge on any atom is -0.457 e. The number of para-hydroxylation sites is 3. The summed E-state index contributed by atoms with van der Waals surface area (Å²) in [6.07, 6.45) is 1.90. The SMILES string of the molecule is Cc1cc(C)c(-c2cc(Oc3ccc4c5ccccc5n(-c5cc(C(C)C)ccn5)c4c3)cc(N3CN(c4ccc(F)cc4)c4ccccc43)c2)c(C)c1. The van der Waals surface area contributed by atoms with Crippen molar-refractivity contribution in [1.29, 1.82) is 0 Å². The van der Waals surface area contributed by atoms with Gasteiger partial charge in [-0.15, -0.1) is 0 Å². The van der Waals surface area contributed by atoms with Crippen LogP contribution in [0.2, 0.25) is 0 Å². The summed E-state index contributed by atoms with van der Waals surface area (Å²) in [5.41, 5.74) is 13.4. The van der Waals surface area contributed by atoms with Crippen molar-refractivity contribution in [2.75, 3.05) is 16.5 Å². The maximum absolute atomic E-state index is 14.0. The van der Waals surface area contributed by atoms with Crippen LogP contribution in [0.1, 0.15) is 42.0 Å². The number of aryl methyl sites for hydroxylation is 3.